The molecule has 0 bridgehead atoms. The molecule has 0 spiro atoms. The molecule has 4 unspecified atom stereocenters. The van der Waals surface area contributed by atoms with Crippen molar-refractivity contribution in [2.45, 2.75) is 258 Å². The van der Waals surface area contributed by atoms with Gasteiger partial charge in [0.15, 0.2) is 8.32 Å². The molecule has 0 aliphatic rings. The summed E-state index contributed by atoms with van der Waals surface area (Å²) < 4.78 is 98.9. The number of hydrogen-bond donors (Lipinski definition) is 0. The number of unbranched alkanes of at least 4 members (excludes halogenated alkanes) is 1. The normalized spacial score (nSPS) is 15.0. The zero-order valence-corrected chi connectivity index (χ0v) is 70.7. The van der Waals surface area contributed by atoms with Crippen LogP contribution in [-0.2, 0) is 83.6 Å². The van der Waals surface area contributed by atoms with Crippen LogP contribution in [-0.4, -0.2) is 165 Å². The van der Waals surface area contributed by atoms with Crippen LogP contribution in [0.15, 0.2) is 0 Å². The molecule has 30 heteroatoms. The van der Waals surface area contributed by atoms with Crippen LogP contribution in [0.5, 0.6) is 0 Å². The zero-order chi connectivity index (χ0) is 66.5. The molecule has 0 radical (unpaired) electrons. The minimum absolute atomic E-state index is 0.0200. The largest absolute Gasteiger partial charge is 0.465 e. The Hall–Kier alpha value is 0.276. The second-order valence-corrected chi connectivity index (χ2v) is 67.8. The van der Waals surface area contributed by atoms with Crippen molar-refractivity contribution in [1.29, 1.82) is 0 Å². The highest BCUT2D eigenvalue weighted by Crippen LogP contribution is 2.31. The summed E-state index contributed by atoms with van der Waals surface area (Å²) >= 11 is 0. The maximum atomic E-state index is 12.0. The average Bonchev–Trinajstić information content (AvgIpc) is 3.27. The van der Waals surface area contributed by atoms with Gasteiger partial charge >= 0.3 is 104 Å². The quantitative estimate of drug-likeness (QED) is 0.0241. The van der Waals surface area contributed by atoms with Crippen molar-refractivity contribution in [1.82, 2.24) is 0 Å². The number of carbonyl (C=O) groups is 3. The zero-order valence-electron chi connectivity index (χ0n) is 59.7. The summed E-state index contributed by atoms with van der Waals surface area (Å²) in [5.74, 6) is 0.0693. The molecule has 0 aromatic carbocycles. The standard InChI is InChI=1S/C30H82O13Si11.C13H26O2.C11H22O4/c1-26-29(2)30(31)32-27-28-33-45(6,7)35-47(10,11)37-49(14,15)39-51(18,19)41-53(22,23)43-54(24,25)42-52(20,21)40-50(16,17)38-48(12,13)36-46(8,9)34-44(3,4)5;1-5-8-9-12(7-3)10-15-13(14)11(4)6-2;1-4-10(3)11(12)15-9-8-14-7-6-13-5-2/h29H,26-28H2,1-25H3;11-12H,5-10H2,1-4H3;10H,4-9H2,1-3H3. The van der Waals surface area contributed by atoms with Crippen LogP contribution in [0.25, 0.3) is 0 Å². The van der Waals surface area contributed by atoms with E-state index in [1.54, 1.807) is 0 Å². The lowest BCUT2D eigenvalue weighted by Gasteiger charge is -2.44. The van der Waals surface area contributed by atoms with Crippen LogP contribution >= 0.6 is 0 Å². The van der Waals surface area contributed by atoms with Gasteiger partial charge in [0.25, 0.3) is 0 Å². The number of ether oxygens (including phenoxy) is 5. The highest BCUT2D eigenvalue weighted by atomic mass is 28.5. The molecule has 0 aliphatic heterocycles. The Morgan fingerprint density at radius 1 is 0.321 bits per heavy atom. The summed E-state index contributed by atoms with van der Waals surface area (Å²) in [6, 6.07) is 0. The first kappa shape index (κ1) is 88.5. The Morgan fingerprint density at radius 2 is 0.595 bits per heavy atom. The van der Waals surface area contributed by atoms with Crippen molar-refractivity contribution >= 4 is 112 Å². The van der Waals surface area contributed by atoms with Crippen molar-refractivity contribution in [3.8, 4) is 0 Å². The van der Waals surface area contributed by atoms with E-state index in [9.17, 15) is 14.4 Å². The van der Waals surface area contributed by atoms with Gasteiger partial charge in [0.2, 0.25) is 0 Å². The van der Waals surface area contributed by atoms with Crippen molar-refractivity contribution in [3.05, 3.63) is 0 Å². The summed E-state index contributed by atoms with van der Waals surface area (Å²) in [7, 11) is -28.3. The third-order valence-corrected chi connectivity index (χ3v) is 52.6. The molecule has 0 heterocycles. The van der Waals surface area contributed by atoms with E-state index in [4.69, 9.17) is 69.3 Å². The molecular weight excluding hydrogens is 1260 g/mol. The second kappa shape index (κ2) is 40.3. The Bertz CT molecular complexity index is 1820. The minimum atomic E-state index is -2.75. The first-order chi connectivity index (χ1) is 37.8. The van der Waals surface area contributed by atoms with E-state index in [1.165, 1.54) is 19.3 Å². The number of esters is 3. The van der Waals surface area contributed by atoms with Crippen LogP contribution in [0, 0.1) is 23.7 Å². The third-order valence-electron chi connectivity index (χ3n) is 11.9. The molecule has 0 aliphatic carbocycles. The fourth-order valence-corrected chi connectivity index (χ4v) is 63.5. The van der Waals surface area contributed by atoms with E-state index in [1.807, 2.05) is 127 Å². The van der Waals surface area contributed by atoms with Crippen LogP contribution in [0.2, 0.25) is 151 Å². The van der Waals surface area contributed by atoms with Crippen molar-refractivity contribution < 1.29 is 83.6 Å². The predicted octanol–water partition coefficient (Wildman–Crippen LogP) is 15.0. The molecule has 0 amide bonds. The van der Waals surface area contributed by atoms with Crippen LogP contribution in [0.3, 0.4) is 0 Å². The average molecular weight is 1390 g/mol. The summed E-state index contributed by atoms with van der Waals surface area (Å²) in [4.78, 5) is 34.7. The van der Waals surface area contributed by atoms with Crippen molar-refractivity contribution in [3.63, 3.8) is 0 Å². The SMILES string of the molecule is CCC(C)C(=O)OCCO[Si](C)(C)O[Si](C)(C)O[Si](C)(C)O[Si](C)(C)O[Si](C)(C)O[Si](C)(C)O[Si](C)(C)O[Si](C)(C)O[Si](C)(C)O[Si](C)(C)O[Si](C)(C)C.CCCCC(CC)COC(=O)C(C)CC.CCOCCOCCOC(=O)C(C)CC. The van der Waals surface area contributed by atoms with Gasteiger partial charge in [0.05, 0.1) is 50.8 Å². The Labute approximate surface area is 526 Å². The Balaban J connectivity index is -0.00000176. The van der Waals surface area contributed by atoms with Gasteiger partial charge in [0, 0.05) is 6.61 Å². The Morgan fingerprint density at radius 3 is 0.881 bits per heavy atom. The van der Waals surface area contributed by atoms with E-state index in [0.29, 0.717) is 45.6 Å². The maximum Gasteiger partial charge on any atom is 0.323 e. The van der Waals surface area contributed by atoms with Gasteiger partial charge in [-0.1, -0.05) is 74.7 Å². The first-order valence-electron chi connectivity index (χ1n) is 31.1. The predicted molar refractivity (Wildman–Crippen MR) is 367 cm³/mol. The van der Waals surface area contributed by atoms with E-state index in [-0.39, 0.29) is 48.9 Å². The molecule has 0 saturated heterocycles. The van der Waals surface area contributed by atoms with Gasteiger partial charge in [-0.3, -0.25) is 14.4 Å². The molecule has 4 atom stereocenters. The van der Waals surface area contributed by atoms with Gasteiger partial charge in [-0.2, -0.15) is 0 Å². The second-order valence-electron chi connectivity index (χ2n) is 27.1. The molecule has 19 nitrogen and oxygen atoms in total. The minimum Gasteiger partial charge on any atom is -0.465 e. The fraction of sp³-hybridized carbons (Fsp3) is 0.944. The summed E-state index contributed by atoms with van der Waals surface area (Å²) in [5.41, 5.74) is 0. The number of carbonyl (C=O) groups excluding carboxylic acids is 3. The highest BCUT2D eigenvalue weighted by molar-refractivity contribution is 6.93. The molecule has 0 aromatic rings. The lowest BCUT2D eigenvalue weighted by Crippen LogP contribution is -2.62. The van der Waals surface area contributed by atoms with E-state index < -0.39 is 93.9 Å². The van der Waals surface area contributed by atoms with Crippen LogP contribution in [0.1, 0.15) is 107 Å². The number of hydrogen-bond acceptors (Lipinski definition) is 19. The van der Waals surface area contributed by atoms with Gasteiger partial charge in [-0.25, -0.2) is 0 Å². The molecule has 84 heavy (non-hydrogen) atoms. The van der Waals surface area contributed by atoms with Crippen LogP contribution in [0.4, 0.5) is 0 Å². The lowest BCUT2D eigenvalue weighted by atomic mass is 10.0. The fourth-order valence-electron chi connectivity index (χ4n) is 9.30. The molecule has 0 rings (SSSR count). The van der Waals surface area contributed by atoms with Gasteiger partial charge < -0.3 is 69.3 Å². The molecule has 0 saturated carbocycles. The van der Waals surface area contributed by atoms with Gasteiger partial charge in [-0.05, 0) is 189 Å². The van der Waals surface area contributed by atoms with Crippen LogP contribution < -0.4 is 0 Å². The molecule has 504 valence electrons. The van der Waals surface area contributed by atoms with Gasteiger partial charge in [-0.15, -0.1) is 0 Å². The summed E-state index contributed by atoms with van der Waals surface area (Å²) in [5, 5.41) is 0. The topological polar surface area (TPSA) is 199 Å². The smallest absolute Gasteiger partial charge is 0.323 e. The summed E-state index contributed by atoms with van der Waals surface area (Å²) in [6.45, 7) is 69.0. The van der Waals surface area contributed by atoms with E-state index in [2.05, 4.69) is 85.9 Å². The van der Waals surface area contributed by atoms with Crippen molar-refractivity contribution in [2.24, 2.45) is 23.7 Å². The van der Waals surface area contributed by atoms with E-state index in [0.717, 1.165) is 25.7 Å². The molecule has 0 aromatic heterocycles. The third kappa shape index (κ3) is 48.1. The summed E-state index contributed by atoms with van der Waals surface area (Å²) in [6.07, 6.45) is 7.16. The van der Waals surface area contributed by atoms with Crippen molar-refractivity contribution in [2.75, 3.05) is 52.9 Å². The number of rotatable bonds is 43. The maximum absolute atomic E-state index is 12.0. The Kier molecular flexibility index (Phi) is 42.4. The molecule has 0 fully saturated rings. The monoisotopic (exact) mass is 1390 g/mol. The highest BCUT2D eigenvalue weighted by Gasteiger charge is 2.51. The lowest BCUT2D eigenvalue weighted by molar-refractivity contribution is -0.150. The molecular formula is C54H130O19Si11. The molecule has 0 N–H and O–H groups in total. The van der Waals surface area contributed by atoms with Gasteiger partial charge in [0.1, 0.15) is 13.2 Å². The first-order valence-corrected chi connectivity index (χ1v) is 62.7. The van der Waals surface area contributed by atoms with E-state index >= 15 is 0 Å².